The summed E-state index contributed by atoms with van der Waals surface area (Å²) >= 11 is 0. The number of methoxy groups -OCH3 is 4. The van der Waals surface area contributed by atoms with Gasteiger partial charge in [0, 0.05) is 50.1 Å². The largest absolute Gasteiger partial charge is 0.496 e. The number of carbonyl (C=O) groups excluding carboxylic acids is 2. The highest BCUT2D eigenvalue weighted by Gasteiger charge is 2.29. The Kier molecular flexibility index (Phi) is 11.7. The third-order valence-corrected chi connectivity index (χ3v) is 8.98. The van der Waals surface area contributed by atoms with Crippen LogP contribution in [-0.2, 0) is 22.6 Å². The number of aromatic nitrogens is 1. The second-order valence-corrected chi connectivity index (χ2v) is 12.1. The number of unbranched alkanes of at least 4 members (excludes halogenated alkanes) is 2. The number of nitrogens with one attached hydrogen (secondary N) is 3. The first-order chi connectivity index (χ1) is 23.8. The number of aryl methyl sites for hydroxylation is 1. The lowest BCUT2D eigenvalue weighted by Crippen LogP contribution is -2.26. The molecule has 5 rings (SSSR count). The van der Waals surface area contributed by atoms with Gasteiger partial charge in [-0.15, -0.1) is 0 Å². The third-order valence-electron chi connectivity index (χ3n) is 8.98. The zero-order valence-corrected chi connectivity index (χ0v) is 28.9. The molecule has 11 heteroatoms. The second-order valence-electron chi connectivity index (χ2n) is 12.1. The summed E-state index contributed by atoms with van der Waals surface area (Å²) in [5, 5.41) is 10.4. The molecule has 1 aliphatic rings. The van der Waals surface area contributed by atoms with Crippen LogP contribution in [0.15, 0.2) is 59.5 Å². The van der Waals surface area contributed by atoms with E-state index in [4.69, 9.17) is 18.9 Å². The maximum atomic E-state index is 13.5. The minimum atomic E-state index is -0.369. The van der Waals surface area contributed by atoms with Crippen LogP contribution in [0.3, 0.4) is 0 Å². The van der Waals surface area contributed by atoms with E-state index in [1.54, 1.807) is 40.6 Å². The van der Waals surface area contributed by atoms with Gasteiger partial charge in [0.25, 0.3) is 0 Å². The molecule has 1 aliphatic carbocycles. The summed E-state index contributed by atoms with van der Waals surface area (Å²) in [6, 6.07) is 14.8. The van der Waals surface area contributed by atoms with Gasteiger partial charge in [0.15, 0.2) is 11.5 Å². The van der Waals surface area contributed by atoms with E-state index in [1.807, 2.05) is 42.6 Å². The Bertz CT molecular complexity index is 1870. The molecule has 1 heterocycles. The molecule has 0 saturated carbocycles. The van der Waals surface area contributed by atoms with E-state index in [0.29, 0.717) is 67.4 Å². The fourth-order valence-electron chi connectivity index (χ4n) is 6.64. The predicted molar refractivity (Wildman–Crippen MR) is 191 cm³/mol. The van der Waals surface area contributed by atoms with Gasteiger partial charge in [-0.1, -0.05) is 18.6 Å². The van der Waals surface area contributed by atoms with Gasteiger partial charge in [0.05, 0.1) is 45.7 Å². The van der Waals surface area contributed by atoms with Gasteiger partial charge >= 0.3 is 0 Å². The highest BCUT2D eigenvalue weighted by atomic mass is 16.5. The number of carbonyl (C=O) groups is 2. The topological polar surface area (TPSA) is 129 Å². The molecule has 11 nitrogen and oxygen atoms in total. The van der Waals surface area contributed by atoms with Crippen LogP contribution in [0.4, 0.5) is 5.69 Å². The Morgan fingerprint density at radius 2 is 1.67 bits per heavy atom. The quantitative estimate of drug-likeness (QED) is 0.139. The Balaban J connectivity index is 1.20. The van der Waals surface area contributed by atoms with Crippen molar-refractivity contribution in [2.75, 3.05) is 46.8 Å². The Hall–Kier alpha value is -5.19. The van der Waals surface area contributed by atoms with E-state index >= 15 is 0 Å². The van der Waals surface area contributed by atoms with Crippen molar-refractivity contribution >= 4 is 28.4 Å². The van der Waals surface area contributed by atoms with Crippen molar-refractivity contribution in [2.45, 2.75) is 58.0 Å². The van der Waals surface area contributed by atoms with Gasteiger partial charge < -0.3 is 39.5 Å². The minimum absolute atomic E-state index is 0.0270. The zero-order chi connectivity index (χ0) is 34.9. The summed E-state index contributed by atoms with van der Waals surface area (Å²) in [5.41, 5.74) is 4.64. The lowest BCUT2D eigenvalue weighted by Gasteiger charge is -2.19. The molecule has 260 valence electrons. The lowest BCUT2D eigenvalue weighted by molar-refractivity contribution is -0.121. The number of anilines is 1. The van der Waals surface area contributed by atoms with E-state index in [1.165, 1.54) is 6.92 Å². The molecule has 49 heavy (non-hydrogen) atoms. The van der Waals surface area contributed by atoms with Gasteiger partial charge in [-0.05, 0) is 78.8 Å². The second kappa shape index (κ2) is 16.3. The van der Waals surface area contributed by atoms with Gasteiger partial charge in [-0.2, -0.15) is 0 Å². The summed E-state index contributed by atoms with van der Waals surface area (Å²) in [5.74, 6) is 2.21. The summed E-state index contributed by atoms with van der Waals surface area (Å²) < 4.78 is 24.7. The number of benzene rings is 2. The Morgan fingerprint density at radius 1 is 0.878 bits per heavy atom. The number of hydrogen-bond donors (Lipinski definition) is 3. The van der Waals surface area contributed by atoms with Crippen molar-refractivity contribution in [3.05, 3.63) is 76.1 Å². The molecule has 3 N–H and O–H groups in total. The van der Waals surface area contributed by atoms with E-state index in [-0.39, 0.29) is 23.3 Å². The van der Waals surface area contributed by atoms with Crippen LogP contribution < -0.4 is 40.3 Å². The first-order valence-corrected chi connectivity index (χ1v) is 16.7. The molecule has 0 aliphatic heterocycles. The highest BCUT2D eigenvalue weighted by Crippen LogP contribution is 2.50. The highest BCUT2D eigenvalue weighted by molar-refractivity contribution is 5.86. The summed E-state index contributed by atoms with van der Waals surface area (Å²) in [6.45, 7) is 3.27. The number of nitrogens with zero attached hydrogens (tertiary/aromatic N) is 1. The maximum Gasteiger partial charge on any atom is 0.220 e. The number of fused-ring (bicyclic) bond motifs is 4. The molecule has 0 fully saturated rings. The van der Waals surface area contributed by atoms with Crippen molar-refractivity contribution in [3.8, 4) is 34.1 Å². The van der Waals surface area contributed by atoms with Crippen LogP contribution in [0.1, 0.15) is 56.2 Å². The molecule has 1 atom stereocenters. The zero-order valence-electron chi connectivity index (χ0n) is 28.9. The average Bonchev–Trinajstić information content (AvgIpc) is 3.37. The lowest BCUT2D eigenvalue weighted by atomic mass is 9.95. The molecule has 0 bridgehead atoms. The van der Waals surface area contributed by atoms with Crippen LogP contribution in [-0.4, -0.2) is 57.9 Å². The van der Waals surface area contributed by atoms with Crippen molar-refractivity contribution < 1.29 is 28.5 Å². The van der Waals surface area contributed by atoms with Gasteiger partial charge in [0.2, 0.25) is 23.0 Å². The number of amides is 2. The van der Waals surface area contributed by atoms with Crippen molar-refractivity contribution in [2.24, 2.45) is 0 Å². The summed E-state index contributed by atoms with van der Waals surface area (Å²) in [7, 11) is 6.38. The van der Waals surface area contributed by atoms with Gasteiger partial charge in [0.1, 0.15) is 5.75 Å². The van der Waals surface area contributed by atoms with Crippen LogP contribution in [0.25, 0.3) is 22.0 Å². The van der Waals surface area contributed by atoms with E-state index in [2.05, 4.69) is 20.5 Å². The molecule has 0 radical (unpaired) electrons. The molecular weight excluding hydrogens is 624 g/mol. The van der Waals surface area contributed by atoms with Gasteiger partial charge in [-0.25, -0.2) is 0 Å². The Morgan fingerprint density at radius 3 is 2.41 bits per heavy atom. The third kappa shape index (κ3) is 7.93. The molecule has 0 unspecified atom stereocenters. The fraction of sp³-hybridized carbons (Fsp3) is 0.395. The standard InChI is InChI=1S/C38H46N4O7/c1-24(43)41-29-15-13-25-22-34(47-3)37(48-4)38(49-5)36(25)26-14-16-30(32(44)23-28(26)29)39-18-8-6-7-12-35(45)40-19-21-42-20-17-27-31(42)10-9-11-33(27)46-2/h9-11,14,16-17,20,22-23,29H,6-8,12-13,15,18-19,21H2,1-5H3,(H,39,44)(H,40,45)(H,41,43)/t29-/m0/s1. The molecule has 1 aromatic heterocycles. The predicted octanol–water partition coefficient (Wildman–Crippen LogP) is 5.62. The summed E-state index contributed by atoms with van der Waals surface area (Å²) in [6.07, 6.45) is 6.06. The molecule has 3 aromatic carbocycles. The van der Waals surface area contributed by atoms with E-state index in [0.717, 1.165) is 52.6 Å². The summed E-state index contributed by atoms with van der Waals surface area (Å²) in [4.78, 5) is 38.2. The van der Waals surface area contributed by atoms with E-state index in [9.17, 15) is 14.4 Å². The van der Waals surface area contributed by atoms with Crippen molar-refractivity contribution in [1.82, 2.24) is 15.2 Å². The first-order valence-electron chi connectivity index (χ1n) is 16.7. The molecule has 4 aromatic rings. The van der Waals surface area contributed by atoms with Crippen LogP contribution >= 0.6 is 0 Å². The van der Waals surface area contributed by atoms with Crippen molar-refractivity contribution in [3.63, 3.8) is 0 Å². The molecular formula is C38H46N4O7. The van der Waals surface area contributed by atoms with Gasteiger partial charge in [-0.3, -0.25) is 14.4 Å². The van der Waals surface area contributed by atoms with Crippen LogP contribution in [0.2, 0.25) is 0 Å². The number of ether oxygens (including phenoxy) is 4. The SMILES string of the molecule is COc1cc2c(c(OC)c1OC)-c1ccc(NCCCCCC(=O)NCCn3ccc4c(OC)cccc43)c(=O)cc1[C@@H](NC(C)=O)CC2. The maximum absolute atomic E-state index is 13.5. The van der Waals surface area contributed by atoms with Crippen molar-refractivity contribution in [1.29, 1.82) is 0 Å². The Labute approximate surface area is 286 Å². The normalized spacial score (nSPS) is 13.4. The average molecular weight is 671 g/mol. The van der Waals surface area contributed by atoms with Crippen LogP contribution in [0.5, 0.6) is 23.0 Å². The fourth-order valence-corrected chi connectivity index (χ4v) is 6.64. The molecule has 2 amide bonds. The first kappa shape index (κ1) is 35.1. The molecule has 0 saturated heterocycles. The minimum Gasteiger partial charge on any atom is -0.496 e. The monoisotopic (exact) mass is 670 g/mol. The molecule has 0 spiro atoms. The number of hydrogen-bond acceptors (Lipinski definition) is 8. The van der Waals surface area contributed by atoms with Crippen LogP contribution in [0, 0.1) is 0 Å². The number of rotatable bonds is 15. The van der Waals surface area contributed by atoms with E-state index < -0.39 is 0 Å². The smallest absolute Gasteiger partial charge is 0.220 e.